The molecular formula is C29H27ClN9O7+. The summed E-state index contributed by atoms with van der Waals surface area (Å²) in [4.78, 5) is 88.4. The molecule has 2 aliphatic heterocycles. The Hall–Kier alpha value is -5.64. The summed E-state index contributed by atoms with van der Waals surface area (Å²) in [5, 5.41) is 8.19. The van der Waals surface area contributed by atoms with E-state index in [1.165, 1.54) is 14.1 Å². The predicted octanol–water partition coefficient (Wildman–Crippen LogP) is 1.39. The van der Waals surface area contributed by atoms with Crippen LogP contribution in [0.3, 0.4) is 0 Å². The number of likely N-dealkylation sites (N-methyl/N-ethyl adjacent to an activating group) is 1. The number of hydrogen-bond donors (Lipinski definition) is 2. The van der Waals surface area contributed by atoms with Gasteiger partial charge in [-0.2, -0.15) is 0 Å². The van der Waals surface area contributed by atoms with Crippen LogP contribution in [0.5, 0.6) is 5.75 Å². The molecule has 0 bridgehead atoms. The summed E-state index contributed by atoms with van der Waals surface area (Å²) in [5.74, 6) is -1.61. The average molecular weight is 649 g/mol. The van der Waals surface area contributed by atoms with E-state index in [1.54, 1.807) is 25.3 Å². The summed E-state index contributed by atoms with van der Waals surface area (Å²) in [5.41, 5.74) is -0.111. The van der Waals surface area contributed by atoms with Gasteiger partial charge in [-0.3, -0.25) is 33.3 Å². The molecule has 2 aromatic heterocycles. The van der Waals surface area contributed by atoms with E-state index in [9.17, 15) is 28.9 Å². The number of carbonyl (C=O) groups excluding carboxylic acids is 3. The van der Waals surface area contributed by atoms with E-state index in [0.29, 0.717) is 26.7 Å². The number of nitrogens with zero attached hydrogens (tertiary/aromatic N) is 7. The SMILES string of the molecule is COc1ccc2nc3cc(Cl)ccc3c(NCCNC(=O)CN3C(=O)N(C)C(=O)C4C3=Nc3c(c(=O)n(C)c(=O)n3C)[N+]4=O)c2c1. The molecule has 16 nitrogen and oxygen atoms in total. The lowest BCUT2D eigenvalue weighted by molar-refractivity contribution is -0.478. The molecule has 0 spiro atoms. The van der Waals surface area contributed by atoms with Gasteiger partial charge in [-0.15, -0.1) is 0 Å². The molecule has 2 aliphatic rings. The van der Waals surface area contributed by atoms with E-state index in [2.05, 4.69) is 15.6 Å². The summed E-state index contributed by atoms with van der Waals surface area (Å²) < 4.78 is 7.20. The average Bonchev–Trinajstić information content (AvgIpc) is 3.04. The standard InChI is InChI=1S/C29H26ClN9O7/c1-35-24-22(26(41)36(2)28(35)43)39(45)23-25(34-24)38(29(44)37(3)27(23)42)13-20(40)31-9-10-32-21-16-7-5-14(30)11-19(16)33-18-8-6-15(46-4)12-17(18)21/h5-8,11-12,23H,9-10,13H2,1-4H3,(H-,31,32,33,40)/p+1. The predicted molar refractivity (Wildman–Crippen MR) is 168 cm³/mol. The van der Waals surface area contributed by atoms with Crippen LogP contribution in [0.4, 0.5) is 22.0 Å². The first-order valence-corrected chi connectivity index (χ1v) is 14.3. The highest BCUT2D eigenvalue weighted by Gasteiger charge is 2.57. The number of halogens is 1. The van der Waals surface area contributed by atoms with Crippen molar-refractivity contribution in [1.82, 2.24) is 29.2 Å². The molecule has 4 amide bonds. The van der Waals surface area contributed by atoms with E-state index in [1.807, 2.05) is 18.2 Å². The lowest BCUT2D eigenvalue weighted by Crippen LogP contribution is -2.65. The van der Waals surface area contributed by atoms with Crippen LogP contribution >= 0.6 is 11.6 Å². The number of urea groups is 1. The molecule has 2 aromatic carbocycles. The number of hydrogen-bond acceptors (Lipinski definition) is 10. The van der Waals surface area contributed by atoms with Crippen molar-refractivity contribution in [3.05, 3.63) is 67.2 Å². The highest BCUT2D eigenvalue weighted by Crippen LogP contribution is 2.34. The number of nitroso groups, excluding NO2 is 1. The summed E-state index contributed by atoms with van der Waals surface area (Å²) in [6.07, 6.45) is 0. The second-order valence-corrected chi connectivity index (χ2v) is 11.1. The number of aromatic nitrogens is 3. The monoisotopic (exact) mass is 648 g/mol. The van der Waals surface area contributed by atoms with Crippen LogP contribution in [0.2, 0.25) is 5.02 Å². The van der Waals surface area contributed by atoms with Crippen molar-refractivity contribution in [1.29, 1.82) is 0 Å². The molecule has 0 aliphatic carbocycles. The zero-order valence-corrected chi connectivity index (χ0v) is 25.8. The Labute approximate surface area is 264 Å². The maximum atomic E-state index is 13.4. The molecule has 236 valence electrons. The second kappa shape index (κ2) is 11.4. The molecule has 6 rings (SSSR count). The van der Waals surface area contributed by atoms with Crippen molar-refractivity contribution in [3.63, 3.8) is 0 Å². The highest BCUT2D eigenvalue weighted by atomic mass is 35.5. The van der Waals surface area contributed by atoms with Gasteiger partial charge in [-0.05, 0) is 36.4 Å². The number of pyridine rings is 1. The summed E-state index contributed by atoms with van der Waals surface area (Å²) in [6.45, 7) is -0.206. The van der Waals surface area contributed by atoms with E-state index in [4.69, 9.17) is 21.3 Å². The van der Waals surface area contributed by atoms with Gasteiger partial charge in [0.05, 0.1) is 28.6 Å². The molecule has 0 saturated carbocycles. The van der Waals surface area contributed by atoms with Gasteiger partial charge in [0.25, 0.3) is 0 Å². The van der Waals surface area contributed by atoms with Crippen molar-refractivity contribution in [2.75, 3.05) is 39.1 Å². The normalized spacial score (nSPS) is 16.0. The first kappa shape index (κ1) is 30.4. The van der Waals surface area contributed by atoms with Crippen LogP contribution in [0.25, 0.3) is 21.8 Å². The Morgan fingerprint density at radius 3 is 2.50 bits per heavy atom. The molecule has 1 unspecified atom stereocenters. The number of methoxy groups -OCH3 is 1. The van der Waals surface area contributed by atoms with Crippen molar-refractivity contribution in [3.8, 4) is 5.75 Å². The summed E-state index contributed by atoms with van der Waals surface area (Å²) in [6, 6.07) is 8.21. The molecule has 46 heavy (non-hydrogen) atoms. The fourth-order valence-corrected chi connectivity index (χ4v) is 5.63. The van der Waals surface area contributed by atoms with Gasteiger partial charge in [-0.25, -0.2) is 19.6 Å². The van der Waals surface area contributed by atoms with Crippen LogP contribution in [-0.4, -0.2) is 92.2 Å². The van der Waals surface area contributed by atoms with Crippen LogP contribution < -0.4 is 26.6 Å². The Bertz CT molecular complexity index is 2170. The topological polar surface area (TPSA) is 180 Å². The molecule has 2 N–H and O–H groups in total. The quantitative estimate of drug-likeness (QED) is 0.170. The van der Waals surface area contributed by atoms with E-state index in [0.717, 1.165) is 37.5 Å². The van der Waals surface area contributed by atoms with Crippen molar-refractivity contribution < 1.29 is 23.9 Å². The Morgan fingerprint density at radius 2 is 1.76 bits per heavy atom. The second-order valence-electron chi connectivity index (χ2n) is 10.7. The molecule has 1 atom stereocenters. The minimum atomic E-state index is -1.71. The van der Waals surface area contributed by atoms with Crippen LogP contribution in [0.15, 0.2) is 51.0 Å². The van der Waals surface area contributed by atoms with Gasteiger partial charge in [0.2, 0.25) is 11.7 Å². The van der Waals surface area contributed by atoms with E-state index in [-0.39, 0.29) is 29.5 Å². The third-order valence-corrected chi connectivity index (χ3v) is 8.12. The number of aliphatic imine (C=N–C) groups is 1. The number of amidine groups is 1. The van der Waals surface area contributed by atoms with Crippen LogP contribution in [-0.2, 0) is 23.7 Å². The van der Waals surface area contributed by atoms with Gasteiger partial charge in [0.1, 0.15) is 12.3 Å². The number of ether oxygens (including phenoxy) is 1. The number of nitrogens with one attached hydrogen (secondary N) is 2. The lowest BCUT2D eigenvalue weighted by atomic mass is 10.1. The minimum Gasteiger partial charge on any atom is -0.497 e. The summed E-state index contributed by atoms with van der Waals surface area (Å²) >= 11 is 6.21. The largest absolute Gasteiger partial charge is 0.497 e. The zero-order chi connectivity index (χ0) is 33.0. The minimum absolute atomic E-state index is 0.120. The smallest absolute Gasteiger partial charge is 0.365 e. The number of carbonyl (C=O) groups is 3. The maximum absolute atomic E-state index is 13.4. The van der Waals surface area contributed by atoms with E-state index >= 15 is 0 Å². The Kier molecular flexibility index (Phi) is 7.51. The van der Waals surface area contributed by atoms with Gasteiger partial charge >= 0.3 is 34.9 Å². The van der Waals surface area contributed by atoms with Gasteiger partial charge in [-0.1, -0.05) is 11.6 Å². The van der Waals surface area contributed by atoms with E-state index < -0.39 is 47.4 Å². The molecule has 17 heteroatoms. The number of anilines is 1. The molecule has 4 heterocycles. The van der Waals surface area contributed by atoms with Gasteiger partial charge < -0.3 is 15.4 Å². The Balaban J connectivity index is 1.23. The third-order valence-electron chi connectivity index (χ3n) is 7.88. The molecule has 4 aromatic rings. The van der Waals surface area contributed by atoms with Crippen LogP contribution in [0.1, 0.15) is 0 Å². The number of fused-ring (bicyclic) bond motifs is 4. The fraction of sp³-hybridized carbons (Fsp3) is 0.276. The lowest BCUT2D eigenvalue weighted by Gasteiger charge is -2.34. The van der Waals surface area contributed by atoms with Crippen molar-refractivity contribution in [2.24, 2.45) is 19.1 Å². The number of benzene rings is 2. The number of rotatable bonds is 7. The maximum Gasteiger partial charge on any atom is 0.365 e. The molecule has 0 radical (unpaired) electrons. The molecule has 1 saturated heterocycles. The zero-order valence-electron chi connectivity index (χ0n) is 25.0. The van der Waals surface area contributed by atoms with Crippen LogP contribution in [0, 0.1) is 4.91 Å². The first-order valence-electron chi connectivity index (χ1n) is 13.9. The molecular weight excluding hydrogens is 622 g/mol. The summed E-state index contributed by atoms with van der Waals surface area (Å²) in [7, 11) is 5.20. The Morgan fingerprint density at radius 1 is 1.00 bits per heavy atom. The van der Waals surface area contributed by atoms with Crippen molar-refractivity contribution >= 4 is 74.3 Å². The number of amides is 4. The third kappa shape index (κ3) is 4.82. The van der Waals surface area contributed by atoms with Crippen molar-refractivity contribution in [2.45, 2.75) is 6.04 Å². The first-order chi connectivity index (χ1) is 21.9. The fourth-order valence-electron chi connectivity index (χ4n) is 5.47. The highest BCUT2D eigenvalue weighted by molar-refractivity contribution is 6.31. The van der Waals surface area contributed by atoms with Gasteiger partial charge in [0, 0.05) is 54.9 Å². The molecule has 1 fully saturated rings. The van der Waals surface area contributed by atoms with Gasteiger partial charge in [0.15, 0.2) is 5.84 Å². The number of imide groups is 1.